The van der Waals surface area contributed by atoms with E-state index in [1.165, 1.54) is 12.5 Å². The SMILES string of the molecule is CC(CN(CC1CCOCC1)c1cn(C(C)(C)CNCC2CCOCC2)c(C(N)=O)n1)n1cnc([N+](=O)[O-])c1. The third-order valence-corrected chi connectivity index (χ3v) is 7.81. The lowest BCUT2D eigenvalue weighted by Gasteiger charge is -2.32. The molecule has 3 N–H and O–H groups in total. The first-order valence-electron chi connectivity index (χ1n) is 13.8. The second-order valence-electron chi connectivity index (χ2n) is 11.4. The number of primary amides is 1. The molecule has 2 saturated heterocycles. The second kappa shape index (κ2) is 12.9. The minimum atomic E-state index is -0.581. The Morgan fingerprint density at radius 3 is 2.44 bits per heavy atom. The van der Waals surface area contributed by atoms with E-state index in [1.54, 1.807) is 4.57 Å². The van der Waals surface area contributed by atoms with Crippen LogP contribution in [-0.4, -0.2) is 82.5 Å². The van der Waals surface area contributed by atoms with Gasteiger partial charge in [0, 0.05) is 52.3 Å². The van der Waals surface area contributed by atoms with Crippen molar-refractivity contribution in [3.05, 3.63) is 34.7 Å². The Kier molecular flexibility index (Phi) is 9.57. The molecule has 2 aromatic heterocycles. The van der Waals surface area contributed by atoms with Crippen LogP contribution in [0.5, 0.6) is 0 Å². The van der Waals surface area contributed by atoms with Gasteiger partial charge < -0.3 is 44.7 Å². The van der Waals surface area contributed by atoms with Crippen molar-refractivity contribution in [3.8, 4) is 0 Å². The van der Waals surface area contributed by atoms with Gasteiger partial charge in [-0.05, 0) is 74.7 Å². The number of hydrogen-bond acceptors (Lipinski definition) is 9. The summed E-state index contributed by atoms with van der Waals surface area (Å²) in [7, 11) is 0. The molecule has 0 spiro atoms. The molecule has 39 heavy (non-hydrogen) atoms. The third kappa shape index (κ3) is 7.55. The van der Waals surface area contributed by atoms with Crippen LogP contribution < -0.4 is 16.0 Å². The van der Waals surface area contributed by atoms with Gasteiger partial charge in [-0.15, -0.1) is 0 Å². The fraction of sp³-hybridized carbons (Fsp3) is 0.731. The van der Waals surface area contributed by atoms with Crippen molar-refractivity contribution in [1.82, 2.24) is 24.4 Å². The van der Waals surface area contributed by atoms with Crippen LogP contribution >= 0.6 is 0 Å². The Morgan fingerprint density at radius 2 is 1.85 bits per heavy atom. The van der Waals surface area contributed by atoms with Gasteiger partial charge in [0.25, 0.3) is 5.91 Å². The first-order chi connectivity index (χ1) is 18.6. The number of amides is 1. The number of rotatable bonds is 13. The van der Waals surface area contributed by atoms with E-state index >= 15 is 0 Å². The summed E-state index contributed by atoms with van der Waals surface area (Å²) in [5, 5.41) is 14.7. The summed E-state index contributed by atoms with van der Waals surface area (Å²) in [5.74, 6) is 1.09. The summed E-state index contributed by atoms with van der Waals surface area (Å²) in [6.45, 7) is 12.0. The van der Waals surface area contributed by atoms with E-state index in [0.29, 0.717) is 44.0 Å². The number of nitrogens with one attached hydrogen (secondary N) is 1. The van der Waals surface area contributed by atoms with Crippen LogP contribution in [0.2, 0.25) is 0 Å². The van der Waals surface area contributed by atoms with Crippen molar-refractivity contribution in [2.45, 2.75) is 58.0 Å². The molecule has 4 rings (SSSR count). The molecule has 0 aliphatic carbocycles. The number of nitrogens with two attached hydrogens (primary N) is 1. The summed E-state index contributed by atoms with van der Waals surface area (Å²) in [4.78, 5) is 33.9. The Hall–Kier alpha value is -3.03. The Bertz CT molecular complexity index is 1100. The van der Waals surface area contributed by atoms with Crippen LogP contribution in [0.3, 0.4) is 0 Å². The van der Waals surface area contributed by atoms with Crippen LogP contribution in [0, 0.1) is 22.0 Å². The quantitative estimate of drug-likeness (QED) is 0.284. The van der Waals surface area contributed by atoms with Crippen molar-refractivity contribution < 1.29 is 19.2 Å². The molecule has 2 aromatic rings. The standard InChI is InChI=1S/C26H42N8O5/c1-19(32-15-22(29-18-32)34(36)37)13-31(14-21-6-10-39-11-7-21)23-16-33(25(30-23)24(27)35)26(2,3)17-28-12-20-4-8-38-9-5-20/h15-16,18-21,28H,4-14,17H2,1-3H3,(H2,27,35). The van der Waals surface area contributed by atoms with Gasteiger partial charge in [-0.25, -0.2) is 4.98 Å². The molecule has 1 amide bonds. The van der Waals surface area contributed by atoms with Crippen molar-refractivity contribution >= 4 is 17.5 Å². The lowest BCUT2D eigenvalue weighted by atomic mass is 9.99. The maximum absolute atomic E-state index is 12.5. The highest BCUT2D eigenvalue weighted by molar-refractivity contribution is 5.90. The van der Waals surface area contributed by atoms with Gasteiger partial charge >= 0.3 is 5.82 Å². The van der Waals surface area contributed by atoms with Crippen molar-refractivity contribution in [3.63, 3.8) is 0 Å². The minimum absolute atomic E-state index is 0.123. The molecule has 0 radical (unpaired) electrons. The maximum Gasteiger partial charge on any atom is 0.381 e. The maximum atomic E-state index is 12.5. The molecule has 13 nitrogen and oxygen atoms in total. The number of carbonyl (C=O) groups is 1. The molecule has 1 unspecified atom stereocenters. The lowest BCUT2D eigenvalue weighted by Crippen LogP contribution is -2.42. The van der Waals surface area contributed by atoms with Gasteiger partial charge in [0.05, 0.1) is 11.6 Å². The van der Waals surface area contributed by atoms with Gasteiger partial charge in [-0.3, -0.25) is 4.79 Å². The first-order valence-corrected chi connectivity index (χ1v) is 13.8. The number of nitrogens with zero attached hydrogens (tertiary/aromatic N) is 6. The number of ether oxygens (including phenoxy) is 2. The van der Waals surface area contributed by atoms with Gasteiger partial charge in [0.1, 0.15) is 12.0 Å². The molecule has 216 valence electrons. The summed E-state index contributed by atoms with van der Waals surface area (Å²) in [5.41, 5.74) is 5.35. The van der Waals surface area contributed by atoms with Crippen LogP contribution in [0.15, 0.2) is 18.7 Å². The fourth-order valence-electron chi connectivity index (χ4n) is 5.35. The number of aromatic nitrogens is 4. The zero-order chi connectivity index (χ0) is 28.0. The molecule has 2 fully saturated rings. The average Bonchev–Trinajstić information content (AvgIpc) is 3.59. The number of carbonyl (C=O) groups excluding carboxylic acids is 1. The smallest absolute Gasteiger partial charge is 0.381 e. The van der Waals surface area contributed by atoms with Gasteiger partial charge in [0.2, 0.25) is 12.2 Å². The van der Waals surface area contributed by atoms with Crippen molar-refractivity contribution in [2.75, 3.05) is 57.5 Å². The predicted molar refractivity (Wildman–Crippen MR) is 146 cm³/mol. The molecule has 0 saturated carbocycles. The molecule has 0 bridgehead atoms. The van der Waals surface area contributed by atoms with Gasteiger partial charge in [-0.1, -0.05) is 0 Å². The second-order valence-corrected chi connectivity index (χ2v) is 11.4. The van der Waals surface area contributed by atoms with Gasteiger partial charge in [0.15, 0.2) is 0 Å². The predicted octanol–water partition coefficient (Wildman–Crippen LogP) is 2.33. The number of nitro groups is 1. The van der Waals surface area contributed by atoms with E-state index in [4.69, 9.17) is 20.2 Å². The van der Waals surface area contributed by atoms with E-state index in [1.807, 2.05) is 17.7 Å². The summed E-state index contributed by atoms with van der Waals surface area (Å²) >= 11 is 0. The molecular weight excluding hydrogens is 504 g/mol. The highest BCUT2D eigenvalue weighted by Gasteiger charge is 2.30. The normalized spacial score (nSPS) is 18.2. The average molecular weight is 547 g/mol. The molecule has 2 aliphatic rings. The summed E-state index contributed by atoms with van der Waals surface area (Å²) < 4.78 is 14.6. The van der Waals surface area contributed by atoms with Crippen LogP contribution in [0.25, 0.3) is 0 Å². The highest BCUT2D eigenvalue weighted by Crippen LogP contribution is 2.27. The monoisotopic (exact) mass is 546 g/mol. The first kappa shape index (κ1) is 29.0. The molecule has 1 atom stereocenters. The van der Waals surface area contributed by atoms with E-state index < -0.39 is 16.4 Å². The zero-order valence-corrected chi connectivity index (χ0v) is 23.3. The topological polar surface area (TPSA) is 156 Å². The molecule has 0 aromatic carbocycles. The van der Waals surface area contributed by atoms with E-state index in [-0.39, 0.29) is 17.7 Å². The summed E-state index contributed by atoms with van der Waals surface area (Å²) in [6.07, 6.45) is 8.81. The third-order valence-electron chi connectivity index (χ3n) is 7.81. The van der Waals surface area contributed by atoms with E-state index in [9.17, 15) is 14.9 Å². The van der Waals surface area contributed by atoms with Gasteiger partial charge in [-0.2, -0.15) is 0 Å². The van der Waals surface area contributed by atoms with Crippen LogP contribution in [0.1, 0.15) is 63.1 Å². The lowest BCUT2D eigenvalue weighted by molar-refractivity contribution is -0.389. The Labute approximate surface area is 229 Å². The summed E-state index contributed by atoms with van der Waals surface area (Å²) in [6, 6.07) is -0.123. The van der Waals surface area contributed by atoms with E-state index in [0.717, 1.165) is 52.0 Å². The van der Waals surface area contributed by atoms with Crippen LogP contribution in [-0.2, 0) is 15.0 Å². The minimum Gasteiger partial charge on any atom is -0.381 e. The molecule has 13 heteroatoms. The Balaban J connectivity index is 1.54. The van der Waals surface area contributed by atoms with Crippen molar-refractivity contribution in [2.24, 2.45) is 17.6 Å². The zero-order valence-electron chi connectivity index (χ0n) is 23.3. The number of imidazole rings is 2. The highest BCUT2D eigenvalue weighted by atomic mass is 16.6. The largest absolute Gasteiger partial charge is 0.381 e. The molecule has 4 heterocycles. The number of hydrogen-bond donors (Lipinski definition) is 2. The van der Waals surface area contributed by atoms with Crippen molar-refractivity contribution in [1.29, 1.82) is 0 Å². The molecule has 2 aliphatic heterocycles. The van der Waals surface area contributed by atoms with E-state index in [2.05, 4.69) is 29.0 Å². The molecular formula is C26H42N8O5. The number of anilines is 1. The Morgan fingerprint density at radius 1 is 1.21 bits per heavy atom. The van der Waals surface area contributed by atoms with Crippen LogP contribution in [0.4, 0.5) is 11.6 Å². The fourth-order valence-corrected chi connectivity index (χ4v) is 5.35.